The van der Waals surface area contributed by atoms with E-state index in [-0.39, 0.29) is 31.3 Å². The number of benzene rings is 2. The summed E-state index contributed by atoms with van der Waals surface area (Å²) in [6, 6.07) is 13.3. The van der Waals surface area contributed by atoms with Gasteiger partial charge in [-0.05, 0) is 57.5 Å². The number of pyridine rings is 1. The van der Waals surface area contributed by atoms with Crippen LogP contribution >= 0.6 is 0 Å². The third-order valence-electron chi connectivity index (χ3n) is 7.36. The molecule has 3 N–H and O–H groups in total. The Balaban J connectivity index is 1.38. The van der Waals surface area contributed by atoms with Gasteiger partial charge >= 0.3 is 12.3 Å². The van der Waals surface area contributed by atoms with E-state index < -0.39 is 42.7 Å². The van der Waals surface area contributed by atoms with Crippen molar-refractivity contribution in [3.8, 4) is 22.9 Å². The lowest BCUT2D eigenvalue weighted by Gasteiger charge is -2.36. The number of ether oxygens (including phenoxy) is 2. The van der Waals surface area contributed by atoms with Crippen LogP contribution in [0, 0.1) is 6.92 Å². The fourth-order valence-electron chi connectivity index (χ4n) is 5.19. The number of likely N-dealkylation sites (tertiary alicyclic amines) is 1. The van der Waals surface area contributed by atoms with Crippen molar-refractivity contribution in [2.24, 2.45) is 0 Å². The molecule has 0 unspecified atom stereocenters. The number of carbonyl (C=O) groups is 1. The smallest absolute Gasteiger partial charge is 0.416 e. The Morgan fingerprint density at radius 1 is 1.04 bits per heavy atom. The normalized spacial score (nSPS) is 17.7. The number of rotatable bonds is 8. The molecular weight excluding hydrogens is 620 g/mol. The molecule has 14 heteroatoms. The maximum atomic E-state index is 14.7. The molecule has 1 saturated heterocycles. The second-order valence-corrected chi connectivity index (χ2v) is 12.3. The number of nitrogens with one attached hydrogen (secondary N) is 2. The standard InChI is InChI=1S/C33H36F4N6O4/c1-19-10-11-22-23(7-5-9-25(22)40-16-27(44)33(35,36)37)28(19)46-29-24(8-6-13-38-29)26-12-14-39-30(42-26)41-21-15-20(34)17-43(18-21)31(45)47-32(2,3)4/h5-14,20-21,27,40,44H,15-18H2,1-4H3,(H,39,41,42)/t20-,21-,27+/m1/s1. The van der Waals surface area contributed by atoms with Gasteiger partial charge in [0.05, 0.1) is 17.8 Å². The number of aryl methyl sites for hydroxylation is 1. The second kappa shape index (κ2) is 13.6. The maximum absolute atomic E-state index is 14.7. The molecule has 2 aromatic heterocycles. The molecule has 1 aliphatic rings. The molecule has 5 rings (SSSR count). The Morgan fingerprint density at radius 2 is 1.83 bits per heavy atom. The largest absolute Gasteiger partial charge is 0.444 e. The van der Waals surface area contributed by atoms with Crippen LogP contribution in [0.4, 0.5) is 34.0 Å². The number of hydrogen-bond donors (Lipinski definition) is 3. The Bertz CT molecular complexity index is 1730. The summed E-state index contributed by atoms with van der Waals surface area (Å²) in [5, 5.41) is 16.5. The molecule has 1 amide bonds. The minimum absolute atomic E-state index is 0.0645. The van der Waals surface area contributed by atoms with Gasteiger partial charge in [-0.2, -0.15) is 13.2 Å². The summed E-state index contributed by atoms with van der Waals surface area (Å²) in [6.45, 7) is 6.50. The highest BCUT2D eigenvalue weighted by atomic mass is 19.4. The van der Waals surface area contributed by atoms with E-state index in [4.69, 9.17) is 9.47 Å². The summed E-state index contributed by atoms with van der Waals surface area (Å²) in [5.74, 6) is 0.878. The first-order valence-electron chi connectivity index (χ1n) is 15.0. The third-order valence-corrected chi connectivity index (χ3v) is 7.36. The van der Waals surface area contributed by atoms with E-state index in [9.17, 15) is 27.5 Å². The van der Waals surface area contributed by atoms with Crippen LogP contribution < -0.4 is 15.4 Å². The van der Waals surface area contributed by atoms with E-state index in [1.165, 1.54) is 4.90 Å². The molecule has 0 spiro atoms. The van der Waals surface area contributed by atoms with Crippen LogP contribution in [0.2, 0.25) is 0 Å². The summed E-state index contributed by atoms with van der Waals surface area (Å²) in [7, 11) is 0. The van der Waals surface area contributed by atoms with Crippen molar-refractivity contribution in [1.82, 2.24) is 19.9 Å². The zero-order valence-electron chi connectivity index (χ0n) is 26.3. The van der Waals surface area contributed by atoms with Crippen LogP contribution in [0.15, 0.2) is 60.9 Å². The molecule has 10 nitrogen and oxygen atoms in total. The Labute approximate surface area is 269 Å². The van der Waals surface area contributed by atoms with Crippen LogP contribution in [-0.2, 0) is 4.74 Å². The molecule has 47 heavy (non-hydrogen) atoms. The lowest BCUT2D eigenvalue weighted by molar-refractivity contribution is -0.198. The molecule has 0 bridgehead atoms. The minimum Gasteiger partial charge on any atom is -0.444 e. The summed E-state index contributed by atoms with van der Waals surface area (Å²) in [5.41, 5.74) is 1.42. The SMILES string of the molecule is Cc1ccc2c(NC[C@H](O)C(F)(F)F)cccc2c1Oc1ncccc1-c1ccnc(N[C@@H]2C[C@@H](F)CN(C(=O)OC(C)(C)C)C2)n1. The van der Waals surface area contributed by atoms with E-state index in [1.54, 1.807) is 81.7 Å². The summed E-state index contributed by atoms with van der Waals surface area (Å²) < 4.78 is 65.1. The number of aliphatic hydroxyl groups excluding tert-OH is 1. The number of hydrogen-bond acceptors (Lipinski definition) is 9. The van der Waals surface area contributed by atoms with Gasteiger partial charge in [0.1, 0.15) is 17.5 Å². The van der Waals surface area contributed by atoms with E-state index in [2.05, 4.69) is 25.6 Å². The molecule has 2 aromatic carbocycles. The predicted octanol–water partition coefficient (Wildman–Crippen LogP) is 6.89. The van der Waals surface area contributed by atoms with Gasteiger partial charge in [-0.1, -0.05) is 24.3 Å². The van der Waals surface area contributed by atoms with Crippen LogP contribution in [0.25, 0.3) is 22.0 Å². The van der Waals surface area contributed by atoms with Crippen molar-refractivity contribution in [2.45, 2.75) is 64.2 Å². The van der Waals surface area contributed by atoms with Gasteiger partial charge in [-0.15, -0.1) is 0 Å². The Hall–Kier alpha value is -4.72. The highest BCUT2D eigenvalue weighted by Crippen LogP contribution is 2.39. The number of halogens is 4. The van der Waals surface area contributed by atoms with Gasteiger partial charge in [-0.3, -0.25) is 0 Å². The van der Waals surface area contributed by atoms with Gasteiger partial charge in [-0.25, -0.2) is 24.1 Å². The second-order valence-electron chi connectivity index (χ2n) is 12.3. The Morgan fingerprint density at radius 3 is 2.57 bits per heavy atom. The van der Waals surface area contributed by atoms with Crippen molar-refractivity contribution in [3.05, 3.63) is 66.5 Å². The minimum atomic E-state index is -4.75. The molecule has 3 heterocycles. The van der Waals surface area contributed by atoms with Crippen molar-refractivity contribution >= 4 is 28.5 Å². The quantitative estimate of drug-likeness (QED) is 0.174. The number of alkyl halides is 4. The molecule has 1 aliphatic heterocycles. The molecular formula is C33H36F4N6O4. The molecule has 250 valence electrons. The van der Waals surface area contributed by atoms with Crippen LogP contribution in [0.5, 0.6) is 11.6 Å². The predicted molar refractivity (Wildman–Crippen MR) is 169 cm³/mol. The van der Waals surface area contributed by atoms with Crippen molar-refractivity contribution < 1.29 is 36.9 Å². The highest BCUT2D eigenvalue weighted by molar-refractivity contribution is 5.98. The molecule has 3 atom stereocenters. The number of aliphatic hydroxyl groups is 1. The number of aromatic nitrogens is 3. The number of anilines is 2. The maximum Gasteiger partial charge on any atom is 0.416 e. The number of amides is 1. The van der Waals surface area contributed by atoms with Crippen LogP contribution in [0.3, 0.4) is 0 Å². The summed E-state index contributed by atoms with van der Waals surface area (Å²) in [4.78, 5) is 27.3. The molecule has 4 aromatic rings. The van der Waals surface area contributed by atoms with E-state index in [0.717, 1.165) is 5.56 Å². The number of piperidine rings is 1. The van der Waals surface area contributed by atoms with E-state index in [0.29, 0.717) is 33.5 Å². The van der Waals surface area contributed by atoms with Gasteiger partial charge in [0.2, 0.25) is 11.8 Å². The first-order valence-corrected chi connectivity index (χ1v) is 15.0. The zero-order valence-corrected chi connectivity index (χ0v) is 26.3. The molecule has 0 radical (unpaired) electrons. The van der Waals surface area contributed by atoms with Gasteiger partial charge < -0.3 is 30.1 Å². The van der Waals surface area contributed by atoms with Crippen molar-refractivity contribution in [2.75, 3.05) is 30.3 Å². The Kier molecular flexibility index (Phi) is 9.70. The molecule has 0 saturated carbocycles. The van der Waals surface area contributed by atoms with Crippen molar-refractivity contribution in [1.29, 1.82) is 0 Å². The number of carbonyl (C=O) groups excluding carboxylic acids is 1. The van der Waals surface area contributed by atoms with Crippen LogP contribution in [0.1, 0.15) is 32.8 Å². The first kappa shape index (κ1) is 33.6. The number of nitrogens with zero attached hydrogens (tertiary/aromatic N) is 4. The molecule has 0 aliphatic carbocycles. The average molecular weight is 657 g/mol. The highest BCUT2D eigenvalue weighted by Gasteiger charge is 2.38. The topological polar surface area (TPSA) is 122 Å². The zero-order chi connectivity index (χ0) is 33.9. The fourth-order valence-corrected chi connectivity index (χ4v) is 5.19. The van der Waals surface area contributed by atoms with Crippen molar-refractivity contribution in [3.63, 3.8) is 0 Å². The average Bonchev–Trinajstić information content (AvgIpc) is 3.00. The summed E-state index contributed by atoms with van der Waals surface area (Å²) >= 11 is 0. The fraction of sp³-hybridized carbons (Fsp3) is 0.394. The molecule has 1 fully saturated rings. The van der Waals surface area contributed by atoms with Gasteiger partial charge in [0.25, 0.3) is 0 Å². The van der Waals surface area contributed by atoms with E-state index in [1.807, 2.05) is 6.92 Å². The van der Waals surface area contributed by atoms with Gasteiger partial charge in [0, 0.05) is 54.4 Å². The van der Waals surface area contributed by atoms with Gasteiger partial charge in [0.15, 0.2) is 6.10 Å². The lowest BCUT2D eigenvalue weighted by Crippen LogP contribution is -2.51. The third kappa shape index (κ3) is 8.36. The first-order chi connectivity index (χ1) is 22.2. The van der Waals surface area contributed by atoms with Crippen LogP contribution in [-0.4, -0.2) is 80.8 Å². The number of fused-ring (bicyclic) bond motifs is 1. The summed E-state index contributed by atoms with van der Waals surface area (Å²) in [6.07, 6.45) is -5.88. The van der Waals surface area contributed by atoms with E-state index >= 15 is 0 Å². The monoisotopic (exact) mass is 656 g/mol. The lowest BCUT2D eigenvalue weighted by atomic mass is 10.0.